The molecule has 13 heteroatoms. The number of nitrogens with one attached hydrogen (secondary N) is 2. The summed E-state index contributed by atoms with van der Waals surface area (Å²) in [6.45, 7) is 6.05. The van der Waals surface area contributed by atoms with Gasteiger partial charge in [0.05, 0.1) is 15.9 Å². The normalized spacial score (nSPS) is 21.6. The highest BCUT2D eigenvalue weighted by atomic mass is 35.5. The molecule has 0 radical (unpaired) electrons. The van der Waals surface area contributed by atoms with Gasteiger partial charge in [0.25, 0.3) is 0 Å². The quantitative estimate of drug-likeness (QED) is 0.190. The molecule has 0 aliphatic carbocycles. The van der Waals surface area contributed by atoms with Gasteiger partial charge in [-0.15, -0.1) is 0 Å². The Bertz CT molecular complexity index is 1770. The topological polar surface area (TPSA) is 98.7 Å². The summed E-state index contributed by atoms with van der Waals surface area (Å²) in [7, 11) is 1.86. The number of fused-ring (bicyclic) bond motifs is 3. The molecule has 9 nitrogen and oxygen atoms in total. The summed E-state index contributed by atoms with van der Waals surface area (Å²) in [5, 5.41) is 11.5. The van der Waals surface area contributed by atoms with Crippen LogP contribution in [0.15, 0.2) is 30.5 Å². The number of aromatic hydroxyl groups is 1. The molecular formula is C32H36ClF2N7O2S. The van der Waals surface area contributed by atoms with Gasteiger partial charge in [-0.2, -0.15) is 9.97 Å². The van der Waals surface area contributed by atoms with E-state index in [1.807, 2.05) is 7.05 Å². The van der Waals surface area contributed by atoms with E-state index in [4.69, 9.17) is 21.3 Å². The Morgan fingerprint density at radius 2 is 1.87 bits per heavy atom. The monoisotopic (exact) mass is 655 g/mol. The SMILES string of the molecule is CNSN[C@@]1(C)CCCN(c2nc(OCC34CCCN3CCC4)nc3c(F)c(-c4cc(O)cc5ccc(F)c(Cl)c45)ncc23)C1. The predicted molar refractivity (Wildman–Crippen MR) is 175 cm³/mol. The van der Waals surface area contributed by atoms with Crippen molar-refractivity contribution in [3.05, 3.63) is 47.1 Å². The van der Waals surface area contributed by atoms with Crippen molar-refractivity contribution < 1.29 is 18.6 Å². The number of pyridine rings is 1. The summed E-state index contributed by atoms with van der Waals surface area (Å²) in [5.74, 6) is -0.945. The highest BCUT2D eigenvalue weighted by molar-refractivity contribution is 7.95. The molecule has 2 aromatic carbocycles. The minimum absolute atomic E-state index is 0.0419. The lowest BCUT2D eigenvalue weighted by atomic mass is 9.92. The van der Waals surface area contributed by atoms with Gasteiger partial charge in [0.15, 0.2) is 5.82 Å². The van der Waals surface area contributed by atoms with Gasteiger partial charge in [0.2, 0.25) is 0 Å². The van der Waals surface area contributed by atoms with Gasteiger partial charge in [-0.1, -0.05) is 17.7 Å². The van der Waals surface area contributed by atoms with E-state index in [1.165, 1.54) is 36.4 Å². The molecule has 5 heterocycles. The van der Waals surface area contributed by atoms with Crippen LogP contribution in [-0.2, 0) is 0 Å². The first-order valence-electron chi connectivity index (χ1n) is 15.4. The van der Waals surface area contributed by atoms with Crippen LogP contribution >= 0.6 is 23.7 Å². The molecule has 45 heavy (non-hydrogen) atoms. The predicted octanol–water partition coefficient (Wildman–Crippen LogP) is 6.22. The van der Waals surface area contributed by atoms with E-state index in [1.54, 1.807) is 6.20 Å². The summed E-state index contributed by atoms with van der Waals surface area (Å²) in [5.41, 5.74) is -0.161. The molecule has 0 amide bonds. The molecule has 0 bridgehead atoms. The maximum atomic E-state index is 16.8. The number of hydrogen-bond acceptors (Lipinski definition) is 10. The van der Waals surface area contributed by atoms with E-state index in [-0.39, 0.29) is 50.0 Å². The number of aromatic nitrogens is 3. The van der Waals surface area contributed by atoms with E-state index in [2.05, 4.69) is 36.1 Å². The van der Waals surface area contributed by atoms with Crippen molar-refractivity contribution in [3.8, 4) is 23.0 Å². The van der Waals surface area contributed by atoms with Gasteiger partial charge in [-0.25, -0.2) is 13.5 Å². The minimum Gasteiger partial charge on any atom is -0.508 e. The molecule has 2 aromatic heterocycles. The average Bonchev–Trinajstić information content (AvgIpc) is 3.61. The van der Waals surface area contributed by atoms with Crippen molar-refractivity contribution in [3.63, 3.8) is 0 Å². The molecule has 7 rings (SSSR count). The molecule has 3 aliphatic rings. The minimum atomic E-state index is -0.724. The van der Waals surface area contributed by atoms with Crippen molar-refractivity contribution in [2.75, 3.05) is 44.7 Å². The van der Waals surface area contributed by atoms with Gasteiger partial charge < -0.3 is 14.7 Å². The molecule has 0 spiro atoms. The number of piperidine rings is 1. The smallest absolute Gasteiger partial charge is 0.319 e. The highest BCUT2D eigenvalue weighted by Crippen LogP contribution is 2.42. The maximum absolute atomic E-state index is 16.8. The van der Waals surface area contributed by atoms with Crippen molar-refractivity contribution in [1.82, 2.24) is 29.3 Å². The third-order valence-corrected chi connectivity index (χ3v) is 10.7. The third-order valence-electron chi connectivity index (χ3n) is 9.57. The third kappa shape index (κ3) is 5.54. The number of phenolic OH excluding ortho intramolecular Hbond substituents is 1. The van der Waals surface area contributed by atoms with E-state index in [9.17, 15) is 9.50 Å². The first-order chi connectivity index (χ1) is 21.7. The molecule has 1 atom stereocenters. The van der Waals surface area contributed by atoms with Crippen molar-refractivity contribution >= 4 is 51.2 Å². The van der Waals surface area contributed by atoms with Gasteiger partial charge >= 0.3 is 6.01 Å². The van der Waals surface area contributed by atoms with Crippen LogP contribution in [0.1, 0.15) is 45.4 Å². The lowest BCUT2D eigenvalue weighted by Crippen LogP contribution is -2.53. The van der Waals surface area contributed by atoms with Crippen LogP contribution in [0.4, 0.5) is 14.6 Å². The summed E-state index contributed by atoms with van der Waals surface area (Å²) in [4.78, 5) is 18.6. The molecule has 0 saturated carbocycles. The Kier molecular flexibility index (Phi) is 8.14. The van der Waals surface area contributed by atoms with Gasteiger partial charge in [-0.3, -0.25) is 14.6 Å². The number of hydrogen-bond donors (Lipinski definition) is 3. The molecular weight excluding hydrogens is 620 g/mol. The van der Waals surface area contributed by atoms with Crippen molar-refractivity contribution in [2.24, 2.45) is 0 Å². The number of anilines is 1. The van der Waals surface area contributed by atoms with Crippen molar-refractivity contribution in [1.29, 1.82) is 0 Å². The van der Waals surface area contributed by atoms with Gasteiger partial charge in [0, 0.05) is 47.9 Å². The van der Waals surface area contributed by atoms with E-state index in [0.717, 1.165) is 58.2 Å². The van der Waals surface area contributed by atoms with Crippen LogP contribution in [-0.4, -0.2) is 75.9 Å². The van der Waals surface area contributed by atoms with E-state index in [0.29, 0.717) is 29.7 Å². The number of phenols is 1. The Hall–Kier alpha value is -3.03. The molecule has 3 saturated heterocycles. The second-order valence-electron chi connectivity index (χ2n) is 12.7. The second kappa shape index (κ2) is 12.0. The van der Waals surface area contributed by atoms with Crippen LogP contribution < -0.4 is 19.1 Å². The standard InChI is InChI=1S/C32H36ClF2N7O2S/c1-31(40-45-36-2)8-3-11-41(17-31)29-22-16-37-27(21-15-20(43)14-19-6-7-23(34)25(33)24(19)21)26(35)28(22)38-30(39-29)44-18-32-9-4-12-42(32)13-5-10-32/h6-7,14-16,36,40,43H,3-5,8-13,17-18H2,1-2H3/t31-/m0/s1. The van der Waals surface area contributed by atoms with Crippen LogP contribution in [0.2, 0.25) is 5.02 Å². The first kappa shape index (κ1) is 30.6. The number of nitrogens with zero attached hydrogens (tertiary/aromatic N) is 5. The highest BCUT2D eigenvalue weighted by Gasteiger charge is 2.45. The molecule has 3 fully saturated rings. The fourth-order valence-electron chi connectivity index (χ4n) is 7.42. The fourth-order valence-corrected chi connectivity index (χ4v) is 8.21. The fraction of sp³-hybridized carbons (Fsp3) is 0.469. The zero-order valence-electron chi connectivity index (χ0n) is 25.3. The molecule has 4 aromatic rings. The Morgan fingerprint density at radius 1 is 1.09 bits per heavy atom. The molecule has 238 valence electrons. The molecule has 0 unspecified atom stereocenters. The summed E-state index contributed by atoms with van der Waals surface area (Å²) >= 11 is 7.83. The Balaban J connectivity index is 1.36. The number of rotatable bonds is 8. The second-order valence-corrected chi connectivity index (χ2v) is 13.9. The van der Waals surface area contributed by atoms with Gasteiger partial charge in [-0.05, 0) is 89.2 Å². The molecule has 3 N–H and O–H groups in total. The summed E-state index contributed by atoms with van der Waals surface area (Å²) in [6.07, 6.45) is 7.77. The van der Waals surface area contributed by atoms with Crippen LogP contribution in [0.5, 0.6) is 11.8 Å². The zero-order chi connectivity index (χ0) is 31.3. The van der Waals surface area contributed by atoms with Crippen LogP contribution in [0.25, 0.3) is 32.9 Å². The largest absolute Gasteiger partial charge is 0.508 e. The summed E-state index contributed by atoms with van der Waals surface area (Å²) in [6, 6.07) is 5.62. The van der Waals surface area contributed by atoms with Crippen LogP contribution in [0, 0.1) is 11.6 Å². The Morgan fingerprint density at radius 3 is 2.64 bits per heavy atom. The molecule has 3 aliphatic heterocycles. The first-order valence-corrected chi connectivity index (χ1v) is 16.6. The maximum Gasteiger partial charge on any atom is 0.319 e. The lowest BCUT2D eigenvalue weighted by molar-refractivity contribution is 0.108. The Labute approximate surface area is 270 Å². The number of ether oxygens (including phenoxy) is 1. The lowest BCUT2D eigenvalue weighted by Gasteiger charge is -2.41. The van der Waals surface area contributed by atoms with Crippen molar-refractivity contribution in [2.45, 2.75) is 56.5 Å². The van der Waals surface area contributed by atoms with E-state index >= 15 is 4.39 Å². The van der Waals surface area contributed by atoms with E-state index < -0.39 is 11.6 Å². The average molecular weight is 656 g/mol. The summed E-state index contributed by atoms with van der Waals surface area (Å²) < 4.78 is 44.3. The number of halogens is 3. The number of benzene rings is 2. The van der Waals surface area contributed by atoms with Gasteiger partial charge in [0.1, 0.15) is 35.2 Å². The zero-order valence-corrected chi connectivity index (χ0v) is 26.9. The van der Waals surface area contributed by atoms with Crippen LogP contribution in [0.3, 0.4) is 0 Å².